The molecule has 4 aliphatic rings. The Morgan fingerprint density at radius 3 is 2.00 bits per heavy atom. The second kappa shape index (κ2) is 26.4. The fourth-order valence-electron chi connectivity index (χ4n) is 10.5. The Kier molecular flexibility index (Phi) is 19.9. The van der Waals surface area contributed by atoms with Crippen LogP contribution in [-0.4, -0.2) is 160 Å². The molecule has 15 atom stereocenters. The average Bonchev–Trinajstić information content (AvgIpc) is 4.35. The van der Waals surface area contributed by atoms with Crippen LogP contribution < -0.4 is 31.9 Å². The molecule has 0 unspecified atom stereocenters. The summed E-state index contributed by atoms with van der Waals surface area (Å²) in [7, 11) is 0. The minimum Gasteiger partial charge on any atom is -0.458 e. The van der Waals surface area contributed by atoms with Gasteiger partial charge in [-0.05, 0) is 92.9 Å². The van der Waals surface area contributed by atoms with Crippen LogP contribution in [0, 0.1) is 23.7 Å². The molecule has 24 nitrogen and oxygen atoms in total. The van der Waals surface area contributed by atoms with Gasteiger partial charge in [0.2, 0.25) is 35.4 Å². The van der Waals surface area contributed by atoms with Crippen molar-refractivity contribution in [3.05, 3.63) is 107 Å². The minimum atomic E-state index is -1.89. The molecule has 3 heterocycles. The van der Waals surface area contributed by atoms with Crippen LogP contribution in [0.15, 0.2) is 84.9 Å². The van der Waals surface area contributed by atoms with Crippen molar-refractivity contribution in [1.82, 2.24) is 52.0 Å². The summed E-state index contributed by atoms with van der Waals surface area (Å²) in [4.78, 5) is 119. The highest BCUT2D eigenvalue weighted by atomic mass is 35.5. The summed E-state index contributed by atoms with van der Waals surface area (Å²) >= 11 is 6.00. The van der Waals surface area contributed by atoms with Crippen LogP contribution in [-0.2, 0) is 44.7 Å². The molecule has 7 rings (SSSR count). The molecule has 2 aliphatic heterocycles. The molecule has 428 valence electrons. The third-order valence-electron chi connectivity index (χ3n) is 15.5. The van der Waals surface area contributed by atoms with E-state index in [1.54, 1.807) is 87.5 Å². The summed E-state index contributed by atoms with van der Waals surface area (Å²) < 4.78 is 6.47. The van der Waals surface area contributed by atoms with Gasteiger partial charge in [-0.3, -0.25) is 54.4 Å². The number of allylic oxidation sites excluding steroid dienone is 1. The highest BCUT2D eigenvalue weighted by molar-refractivity contribution is 6.30. The zero-order valence-electron chi connectivity index (χ0n) is 44.5. The first-order valence-corrected chi connectivity index (χ1v) is 26.9. The van der Waals surface area contributed by atoms with E-state index in [-0.39, 0.29) is 72.3 Å². The molecule has 11 N–H and O–H groups in total. The number of fused-ring (bicyclic) bond motifs is 1. The van der Waals surface area contributed by atoms with Gasteiger partial charge in [0.15, 0.2) is 0 Å². The summed E-state index contributed by atoms with van der Waals surface area (Å²) in [6.45, 7) is 8.29. The van der Waals surface area contributed by atoms with Crippen LogP contribution in [0.5, 0.6) is 0 Å². The molecule has 1 aromatic heterocycles. The Bertz CT molecular complexity index is 2710. The summed E-state index contributed by atoms with van der Waals surface area (Å²) in [5.74, 6) is -10.2. The molecule has 2 saturated heterocycles. The first-order valence-electron chi connectivity index (χ1n) is 26.6. The topological polar surface area (TPSA) is 334 Å². The van der Waals surface area contributed by atoms with Crippen LogP contribution in [0.1, 0.15) is 101 Å². The highest BCUT2D eigenvalue weighted by Crippen LogP contribution is 2.39. The van der Waals surface area contributed by atoms with Crippen LogP contribution in [0.3, 0.4) is 0 Å². The number of amides is 7. The molecule has 2 aliphatic carbocycles. The van der Waals surface area contributed by atoms with Gasteiger partial charge in [0.1, 0.15) is 59.2 Å². The van der Waals surface area contributed by atoms with Crippen molar-refractivity contribution in [2.45, 2.75) is 146 Å². The van der Waals surface area contributed by atoms with Gasteiger partial charge in [0, 0.05) is 18.9 Å². The molecule has 25 heteroatoms. The maximum absolute atomic E-state index is 15.2. The van der Waals surface area contributed by atoms with E-state index in [0.717, 1.165) is 0 Å². The molecule has 3 aromatic rings. The molecule has 79 heavy (non-hydrogen) atoms. The quantitative estimate of drug-likeness (QED) is 0.0400. The highest BCUT2D eigenvalue weighted by Gasteiger charge is 2.49. The van der Waals surface area contributed by atoms with E-state index in [0.29, 0.717) is 22.3 Å². The Hall–Kier alpha value is -6.93. The standard InChI is InChI=1S/C54H71ClN10O14/c1-6-14-32-22-42-54(73)79-30(5)46(61-49(68)38(24-35-26-41(35)65(77)78)57-50(69)39-19-20-43(55)63(39)74)52(71)60-45(29(4)33-17-12-9-13-18-33)51(70)58-37(23-34-25-40(34)64(75)76)47(66)56-36(21-31-15-10-8-11-16-31)48(67)59-44(28(3)7-2)53(72)62(42)27-32/h6,8-20,28-30,32,34-38,40-42,44-46,74-78H,7,21-27H2,1-5H3,(H,56,66)(H,57,69)(H,58,70)(H,59,67)(H,60,71)(H,61,68)/b14-6-/t28-,29+,30+,32-,34+,35-,36-,37+,38-,40+,41-,42-,44-,45-,46+/m0/s1. The van der Waals surface area contributed by atoms with E-state index < -0.39 is 131 Å². The number of benzene rings is 2. The number of halogens is 1. The second-order valence-corrected chi connectivity index (χ2v) is 21.5. The van der Waals surface area contributed by atoms with Gasteiger partial charge >= 0.3 is 5.97 Å². The molecule has 4 fully saturated rings. The lowest BCUT2D eigenvalue weighted by molar-refractivity contribution is -0.316. The van der Waals surface area contributed by atoms with Gasteiger partial charge in [0.05, 0.1) is 12.1 Å². The lowest BCUT2D eigenvalue weighted by Gasteiger charge is -2.33. The number of nitrogens with zero attached hydrogens (tertiary/aromatic N) is 4. The Morgan fingerprint density at radius 1 is 0.797 bits per heavy atom. The Morgan fingerprint density at radius 2 is 1.41 bits per heavy atom. The lowest BCUT2D eigenvalue weighted by Crippen LogP contribution is -2.62. The third kappa shape index (κ3) is 14.9. The van der Waals surface area contributed by atoms with E-state index in [2.05, 4.69) is 31.9 Å². The van der Waals surface area contributed by atoms with Gasteiger partial charge in [-0.2, -0.15) is 4.73 Å². The number of aromatic nitrogens is 1. The maximum atomic E-state index is 15.2. The zero-order chi connectivity index (χ0) is 57.4. The van der Waals surface area contributed by atoms with E-state index in [1.807, 2.05) is 13.0 Å². The van der Waals surface area contributed by atoms with Crippen molar-refractivity contribution in [2.75, 3.05) is 6.54 Å². The number of cyclic esters (lactones) is 1. The predicted octanol–water partition coefficient (Wildman–Crippen LogP) is 2.45. The van der Waals surface area contributed by atoms with Crippen molar-refractivity contribution in [1.29, 1.82) is 0 Å². The van der Waals surface area contributed by atoms with Crippen LogP contribution in [0.2, 0.25) is 5.15 Å². The first-order chi connectivity index (χ1) is 37.6. The predicted molar refractivity (Wildman–Crippen MR) is 280 cm³/mol. The van der Waals surface area contributed by atoms with E-state index in [9.17, 15) is 50.0 Å². The molecular formula is C54H71ClN10O14. The average molecular weight is 1120 g/mol. The summed E-state index contributed by atoms with van der Waals surface area (Å²) in [5, 5.41) is 66.0. The SMILES string of the molecule is C/C=C\[C@H]1C[C@H]2C(=O)O[C@H](C)[C@@H](NC(=O)[C@H](C[C@H]3C[C@@H]3N(O)O)NC(=O)c3ccc(Cl)n3O)C(=O)N[C@@H]([C@H](C)c3ccccc3)C(=O)N[C@H](C[C@@H]3C[C@H]3N(O)O)C(=O)N[C@@H](Cc3ccccc3)C(=O)N[C@@H]([C@@H](C)CC)C(=O)N2C1. The van der Waals surface area contributed by atoms with E-state index >= 15 is 14.4 Å². The molecular weight excluding hydrogens is 1050 g/mol. The number of nitrogens with one attached hydrogen (secondary N) is 6. The van der Waals surface area contributed by atoms with Gasteiger partial charge in [-0.25, -0.2) is 4.79 Å². The normalized spacial score (nSPS) is 29.2. The Labute approximate surface area is 461 Å². The molecule has 0 radical (unpaired) electrons. The van der Waals surface area contributed by atoms with Crippen molar-refractivity contribution in [2.24, 2.45) is 23.7 Å². The number of ether oxygens (including phenoxy) is 1. The summed E-state index contributed by atoms with van der Waals surface area (Å²) in [6, 6.07) is 7.67. The van der Waals surface area contributed by atoms with Crippen molar-refractivity contribution < 1.29 is 69.1 Å². The van der Waals surface area contributed by atoms with Crippen molar-refractivity contribution in [3.63, 3.8) is 0 Å². The molecule has 2 saturated carbocycles. The van der Waals surface area contributed by atoms with Crippen molar-refractivity contribution in [3.8, 4) is 0 Å². The first kappa shape index (κ1) is 59.7. The van der Waals surface area contributed by atoms with Crippen molar-refractivity contribution >= 4 is 58.9 Å². The number of hydrogen-bond donors (Lipinski definition) is 11. The summed E-state index contributed by atoms with van der Waals surface area (Å²) in [5.41, 5.74) is 0.797. The summed E-state index contributed by atoms with van der Waals surface area (Å²) in [6.07, 6.45) is 2.34. The fraction of sp³-hybridized carbons (Fsp3) is 0.519. The van der Waals surface area contributed by atoms with Crippen LogP contribution >= 0.6 is 11.6 Å². The zero-order valence-corrected chi connectivity index (χ0v) is 45.2. The second-order valence-electron chi connectivity index (χ2n) is 21.1. The van der Waals surface area contributed by atoms with E-state index in [4.69, 9.17) is 16.3 Å². The molecule has 0 bridgehead atoms. The number of hydrogen-bond acceptors (Lipinski definition) is 16. The van der Waals surface area contributed by atoms with Gasteiger partial charge in [-0.15, -0.1) is 0 Å². The lowest BCUT2D eigenvalue weighted by atomic mass is 9.91. The minimum absolute atomic E-state index is 0.0197. The fourth-order valence-corrected chi connectivity index (χ4v) is 10.6. The molecule has 0 spiro atoms. The molecule has 7 amide bonds. The van der Waals surface area contributed by atoms with Gasteiger partial charge in [-0.1, -0.05) is 122 Å². The number of carbonyl (C=O) groups is 8. The Balaban J connectivity index is 1.32. The largest absolute Gasteiger partial charge is 0.458 e. The number of carbonyl (C=O) groups excluding carboxylic acids is 8. The monoisotopic (exact) mass is 1120 g/mol. The number of hydroxylamine groups is 4. The van der Waals surface area contributed by atoms with Crippen LogP contribution in [0.25, 0.3) is 0 Å². The van der Waals surface area contributed by atoms with Gasteiger partial charge < -0.3 is 46.7 Å². The molecule has 2 aromatic carbocycles. The third-order valence-corrected chi connectivity index (χ3v) is 15.8. The van der Waals surface area contributed by atoms with Gasteiger partial charge in [0.25, 0.3) is 5.91 Å². The maximum Gasteiger partial charge on any atom is 0.329 e. The number of rotatable bonds is 17. The smallest absolute Gasteiger partial charge is 0.329 e. The van der Waals surface area contributed by atoms with E-state index in [1.165, 1.54) is 24.0 Å². The van der Waals surface area contributed by atoms with Crippen LogP contribution in [0.4, 0.5) is 0 Å². The number of esters is 1.